The fraction of sp³-hybridized carbons (Fsp3) is 0. The Balaban J connectivity index is 2.62. The van der Waals surface area contributed by atoms with Crippen molar-refractivity contribution in [1.82, 2.24) is 14.5 Å². The largest absolute Gasteiger partial charge is 0.290 e. The first kappa shape index (κ1) is 8.91. The summed E-state index contributed by atoms with van der Waals surface area (Å²) in [6.07, 6.45) is 6.67. The third-order valence-electron chi connectivity index (χ3n) is 1.75. The van der Waals surface area contributed by atoms with E-state index in [0.29, 0.717) is 5.82 Å². The molecule has 0 aliphatic heterocycles. The Morgan fingerprint density at radius 2 is 2.29 bits per heavy atom. The van der Waals surface area contributed by atoms with Gasteiger partial charge in [-0.2, -0.15) is 5.26 Å². The first-order valence-electron chi connectivity index (χ1n) is 3.86. The molecule has 2 aromatic rings. The molecule has 0 spiro atoms. The van der Waals surface area contributed by atoms with Crippen LogP contribution in [0.15, 0.2) is 35.3 Å². The molecule has 0 amide bonds. The summed E-state index contributed by atoms with van der Waals surface area (Å²) in [6.45, 7) is 0. The highest BCUT2D eigenvalue weighted by Gasteiger charge is 2.06. The van der Waals surface area contributed by atoms with Crippen molar-refractivity contribution in [2.45, 2.75) is 0 Å². The van der Waals surface area contributed by atoms with Gasteiger partial charge in [-0.05, 0) is 22.0 Å². The zero-order valence-electron chi connectivity index (χ0n) is 7.05. The zero-order chi connectivity index (χ0) is 9.97. The van der Waals surface area contributed by atoms with E-state index in [0.717, 1.165) is 10.2 Å². The molecule has 14 heavy (non-hydrogen) atoms. The summed E-state index contributed by atoms with van der Waals surface area (Å²) in [6, 6.07) is 3.82. The highest BCUT2D eigenvalue weighted by molar-refractivity contribution is 9.10. The minimum atomic E-state index is 0.358. The van der Waals surface area contributed by atoms with Gasteiger partial charge in [-0.15, -0.1) is 0 Å². The van der Waals surface area contributed by atoms with Crippen LogP contribution >= 0.6 is 15.9 Å². The second-order valence-electron chi connectivity index (χ2n) is 2.56. The summed E-state index contributed by atoms with van der Waals surface area (Å²) in [5, 5.41) is 8.80. The molecule has 2 rings (SSSR count). The number of nitrogens with zero attached hydrogens (tertiary/aromatic N) is 4. The molecule has 0 bridgehead atoms. The Kier molecular flexibility index (Phi) is 2.29. The van der Waals surface area contributed by atoms with Crippen molar-refractivity contribution in [3.8, 4) is 11.8 Å². The summed E-state index contributed by atoms with van der Waals surface area (Å²) < 4.78 is 2.53. The molecule has 0 unspecified atom stereocenters. The number of aromatic nitrogens is 3. The lowest BCUT2D eigenvalue weighted by molar-refractivity contribution is 1.01. The summed E-state index contributed by atoms with van der Waals surface area (Å²) in [7, 11) is 0. The Labute approximate surface area is 89.0 Å². The number of halogens is 1. The van der Waals surface area contributed by atoms with Crippen LogP contribution in [0.2, 0.25) is 0 Å². The molecule has 0 aromatic carbocycles. The maximum absolute atomic E-state index is 8.80. The standard InChI is InChI=1S/C9H5BrN4/c10-7-6-12-2-1-8(7)14-4-3-13-9(14)5-11/h1-4,6H. The molecule has 4 nitrogen and oxygen atoms in total. The molecule has 0 aliphatic rings. The fourth-order valence-corrected chi connectivity index (χ4v) is 1.59. The van der Waals surface area contributed by atoms with Crippen LogP contribution < -0.4 is 0 Å². The van der Waals surface area contributed by atoms with Gasteiger partial charge in [0.2, 0.25) is 5.82 Å². The Bertz CT molecular complexity index is 498. The predicted molar refractivity (Wildman–Crippen MR) is 53.8 cm³/mol. The van der Waals surface area contributed by atoms with Gasteiger partial charge in [0.15, 0.2) is 0 Å². The third-order valence-corrected chi connectivity index (χ3v) is 2.36. The molecule has 0 fully saturated rings. The van der Waals surface area contributed by atoms with Crippen LogP contribution in [-0.4, -0.2) is 14.5 Å². The Morgan fingerprint density at radius 3 is 3.00 bits per heavy atom. The minimum absolute atomic E-state index is 0.358. The van der Waals surface area contributed by atoms with E-state index in [1.54, 1.807) is 29.4 Å². The molecule has 2 heterocycles. The Hall–Kier alpha value is -1.67. The zero-order valence-corrected chi connectivity index (χ0v) is 8.64. The minimum Gasteiger partial charge on any atom is -0.290 e. The number of nitriles is 1. The van der Waals surface area contributed by atoms with Crippen molar-refractivity contribution in [1.29, 1.82) is 5.26 Å². The van der Waals surface area contributed by atoms with Crippen molar-refractivity contribution < 1.29 is 0 Å². The summed E-state index contributed by atoms with van der Waals surface area (Å²) in [5.41, 5.74) is 0.856. The first-order valence-corrected chi connectivity index (χ1v) is 4.65. The number of pyridine rings is 1. The molecule has 0 radical (unpaired) electrons. The second kappa shape index (κ2) is 3.60. The smallest absolute Gasteiger partial charge is 0.217 e. The molecular formula is C9H5BrN4. The molecule has 0 atom stereocenters. The highest BCUT2D eigenvalue weighted by Crippen LogP contribution is 2.19. The molecular weight excluding hydrogens is 244 g/mol. The molecule has 0 N–H and O–H groups in total. The van der Waals surface area contributed by atoms with Crippen molar-refractivity contribution in [2.75, 3.05) is 0 Å². The van der Waals surface area contributed by atoms with Crippen molar-refractivity contribution in [2.24, 2.45) is 0 Å². The van der Waals surface area contributed by atoms with Gasteiger partial charge in [-0.3, -0.25) is 9.55 Å². The Morgan fingerprint density at radius 1 is 1.43 bits per heavy atom. The van der Waals surface area contributed by atoms with Crippen LogP contribution in [-0.2, 0) is 0 Å². The summed E-state index contributed by atoms with van der Waals surface area (Å²) in [4.78, 5) is 7.86. The van der Waals surface area contributed by atoms with Gasteiger partial charge < -0.3 is 0 Å². The lowest BCUT2D eigenvalue weighted by atomic mass is 10.4. The predicted octanol–water partition coefficient (Wildman–Crippen LogP) is 1.90. The van der Waals surface area contributed by atoms with E-state index >= 15 is 0 Å². The van der Waals surface area contributed by atoms with Crippen LogP contribution in [0.4, 0.5) is 0 Å². The molecule has 0 saturated carbocycles. The third kappa shape index (κ3) is 1.40. The van der Waals surface area contributed by atoms with E-state index < -0.39 is 0 Å². The van der Waals surface area contributed by atoms with Gasteiger partial charge in [0.25, 0.3) is 0 Å². The van der Waals surface area contributed by atoms with Crippen molar-refractivity contribution in [3.05, 3.63) is 41.2 Å². The maximum atomic E-state index is 8.80. The monoisotopic (exact) mass is 248 g/mol. The maximum Gasteiger partial charge on any atom is 0.217 e. The van der Waals surface area contributed by atoms with Gasteiger partial charge >= 0.3 is 0 Å². The highest BCUT2D eigenvalue weighted by atomic mass is 79.9. The lowest BCUT2D eigenvalue weighted by Gasteiger charge is -2.04. The van der Waals surface area contributed by atoms with Gasteiger partial charge in [0.1, 0.15) is 6.07 Å². The van der Waals surface area contributed by atoms with Crippen LogP contribution in [0.25, 0.3) is 5.69 Å². The average Bonchev–Trinajstić information content (AvgIpc) is 2.66. The van der Waals surface area contributed by atoms with E-state index in [1.165, 1.54) is 0 Å². The SMILES string of the molecule is N#Cc1nccn1-c1ccncc1Br. The number of imidazole rings is 1. The normalized spacial score (nSPS) is 9.71. The van der Waals surface area contributed by atoms with Gasteiger partial charge in [0.05, 0.1) is 10.2 Å². The van der Waals surface area contributed by atoms with Crippen LogP contribution in [0, 0.1) is 11.3 Å². The molecule has 2 aromatic heterocycles. The van der Waals surface area contributed by atoms with Crippen LogP contribution in [0.1, 0.15) is 5.82 Å². The molecule has 0 saturated heterocycles. The van der Waals surface area contributed by atoms with Crippen LogP contribution in [0.5, 0.6) is 0 Å². The number of hydrogen-bond acceptors (Lipinski definition) is 3. The van der Waals surface area contributed by atoms with E-state index in [4.69, 9.17) is 5.26 Å². The lowest BCUT2D eigenvalue weighted by Crippen LogP contribution is -1.97. The van der Waals surface area contributed by atoms with Gasteiger partial charge in [-0.1, -0.05) is 0 Å². The second-order valence-corrected chi connectivity index (χ2v) is 3.41. The molecule has 0 aliphatic carbocycles. The number of hydrogen-bond donors (Lipinski definition) is 0. The first-order chi connectivity index (χ1) is 6.83. The topological polar surface area (TPSA) is 54.5 Å². The number of rotatable bonds is 1. The average molecular weight is 249 g/mol. The quantitative estimate of drug-likeness (QED) is 0.775. The van der Waals surface area contributed by atoms with E-state index in [1.807, 2.05) is 12.1 Å². The van der Waals surface area contributed by atoms with Crippen molar-refractivity contribution >= 4 is 15.9 Å². The van der Waals surface area contributed by atoms with Gasteiger partial charge in [0, 0.05) is 24.8 Å². The summed E-state index contributed by atoms with van der Waals surface area (Å²) in [5.74, 6) is 0.358. The van der Waals surface area contributed by atoms with E-state index in [2.05, 4.69) is 25.9 Å². The molecule has 68 valence electrons. The fourth-order valence-electron chi connectivity index (χ4n) is 1.14. The molecule has 5 heteroatoms. The van der Waals surface area contributed by atoms with Crippen molar-refractivity contribution in [3.63, 3.8) is 0 Å². The van der Waals surface area contributed by atoms with Gasteiger partial charge in [-0.25, -0.2) is 4.98 Å². The van der Waals surface area contributed by atoms with Crippen LogP contribution in [0.3, 0.4) is 0 Å². The van der Waals surface area contributed by atoms with E-state index in [9.17, 15) is 0 Å². The van der Waals surface area contributed by atoms with E-state index in [-0.39, 0.29) is 0 Å². The summed E-state index contributed by atoms with van der Waals surface area (Å²) >= 11 is 3.36.